The van der Waals surface area contributed by atoms with Crippen LogP contribution in [0.3, 0.4) is 0 Å². The van der Waals surface area contributed by atoms with Gasteiger partial charge in [-0.2, -0.15) is 0 Å². The van der Waals surface area contributed by atoms with Gasteiger partial charge in [-0.25, -0.2) is 14.4 Å². The predicted octanol–water partition coefficient (Wildman–Crippen LogP) is 17.7. The fourth-order valence-electron chi connectivity index (χ4n) is 11.4. The molecule has 0 aliphatic rings. The second kappa shape index (κ2) is 25.6. The van der Waals surface area contributed by atoms with E-state index in [2.05, 4.69) is 106 Å². The first kappa shape index (κ1) is 62.2. The second-order valence-corrected chi connectivity index (χ2v) is 23.5. The molecule has 0 bridgehead atoms. The van der Waals surface area contributed by atoms with Gasteiger partial charge in [-0.3, -0.25) is 4.79 Å². The molecule has 9 heteroatoms. The summed E-state index contributed by atoms with van der Waals surface area (Å²) in [6, 6.07) is 30.2. The highest BCUT2D eigenvalue weighted by Gasteiger charge is 2.53. The number of benzene rings is 6. The molecule has 0 saturated heterocycles. The molecule has 6 rings (SSSR count). The van der Waals surface area contributed by atoms with Crippen LogP contribution in [0.1, 0.15) is 222 Å². The van der Waals surface area contributed by atoms with Crippen molar-refractivity contribution < 1.29 is 42.9 Å². The zero-order valence-corrected chi connectivity index (χ0v) is 51.3. The van der Waals surface area contributed by atoms with Crippen molar-refractivity contribution in [1.29, 1.82) is 0 Å². The lowest BCUT2D eigenvalue weighted by molar-refractivity contribution is -0.0474. The van der Waals surface area contributed by atoms with Crippen molar-refractivity contribution in [3.63, 3.8) is 0 Å². The van der Waals surface area contributed by atoms with Crippen LogP contribution in [0.25, 0.3) is 0 Å². The van der Waals surface area contributed by atoms with Crippen LogP contribution in [-0.4, -0.2) is 40.5 Å². The minimum atomic E-state index is -0.965. The van der Waals surface area contributed by atoms with Crippen molar-refractivity contribution >= 4 is 23.7 Å². The van der Waals surface area contributed by atoms with Gasteiger partial charge in [0.05, 0.1) is 22.1 Å². The molecule has 0 fully saturated rings. The van der Waals surface area contributed by atoms with Crippen molar-refractivity contribution in [2.75, 3.05) is 0 Å². The van der Waals surface area contributed by atoms with E-state index in [4.69, 9.17) is 23.7 Å². The lowest BCUT2D eigenvalue weighted by Gasteiger charge is -2.47. The van der Waals surface area contributed by atoms with Gasteiger partial charge in [0.2, 0.25) is 0 Å². The van der Waals surface area contributed by atoms with E-state index in [0.717, 1.165) is 98.4 Å². The fraction of sp³-hybridized carbons (Fsp3) is 0.437. The van der Waals surface area contributed by atoms with Gasteiger partial charge in [0.25, 0.3) is 0 Å². The molecular weight excluding hydrogens is 997 g/mol. The summed E-state index contributed by atoms with van der Waals surface area (Å²) in [6.45, 7) is 36.6. The molecular formula is C71H88O9. The Balaban J connectivity index is 1.17. The topological polar surface area (TPSA) is 114 Å². The lowest BCUT2D eigenvalue weighted by Crippen LogP contribution is -2.55. The first-order valence-electron chi connectivity index (χ1n) is 28.9. The molecule has 9 nitrogen and oxygen atoms in total. The third-order valence-corrected chi connectivity index (χ3v) is 16.8. The van der Waals surface area contributed by atoms with Gasteiger partial charge in [0.1, 0.15) is 39.8 Å². The third kappa shape index (κ3) is 13.9. The SMILES string of the molecule is CCCC(C)(C(=O)c1cccc(C(=O)Oc2c(C)cc(Cc3cc(C)c(OC(C)(CC)CC)c(C)c3)cc2C)c1)C(CC)(CC)Oc1c(C)cc(Cc2cc(C)c(OC(=O)c3ccc(C(=O)OC(C)(C)CC)cc3)c(C)c2)cc1C. The number of ether oxygens (including phenoxy) is 5. The molecule has 80 heavy (non-hydrogen) atoms. The summed E-state index contributed by atoms with van der Waals surface area (Å²) in [7, 11) is 0. The molecule has 6 aromatic rings. The van der Waals surface area contributed by atoms with Crippen LogP contribution in [0, 0.1) is 60.8 Å². The van der Waals surface area contributed by atoms with Gasteiger partial charge in [-0.1, -0.05) is 109 Å². The van der Waals surface area contributed by atoms with Crippen LogP contribution in [0.15, 0.2) is 97.1 Å². The Labute approximate surface area is 478 Å². The van der Waals surface area contributed by atoms with Gasteiger partial charge < -0.3 is 23.7 Å². The second-order valence-electron chi connectivity index (χ2n) is 23.5. The van der Waals surface area contributed by atoms with Crippen molar-refractivity contribution in [2.24, 2.45) is 5.41 Å². The Morgan fingerprint density at radius 1 is 0.400 bits per heavy atom. The number of rotatable bonds is 24. The Bertz CT molecular complexity index is 3150. The maximum Gasteiger partial charge on any atom is 0.343 e. The number of Topliss-reactive ketones (excluding diaryl/α,β-unsaturated/α-hetero) is 1. The van der Waals surface area contributed by atoms with E-state index >= 15 is 4.79 Å². The van der Waals surface area contributed by atoms with E-state index in [9.17, 15) is 14.4 Å². The van der Waals surface area contributed by atoms with Crippen LogP contribution in [-0.2, 0) is 17.6 Å². The molecule has 0 spiro atoms. The average molecular weight is 1090 g/mol. The van der Waals surface area contributed by atoms with Gasteiger partial charge in [-0.05, 0) is 238 Å². The first-order valence-corrected chi connectivity index (χ1v) is 28.9. The van der Waals surface area contributed by atoms with E-state index < -0.39 is 34.5 Å². The van der Waals surface area contributed by atoms with Gasteiger partial charge in [-0.15, -0.1) is 0 Å². The van der Waals surface area contributed by atoms with E-state index in [0.29, 0.717) is 65.9 Å². The summed E-state index contributed by atoms with van der Waals surface area (Å²) in [5.74, 6) is 1.17. The summed E-state index contributed by atoms with van der Waals surface area (Å²) in [6.07, 6.45) is 6.36. The molecule has 0 aliphatic carbocycles. The molecule has 0 N–H and O–H groups in total. The molecule has 0 heterocycles. The van der Waals surface area contributed by atoms with Gasteiger partial charge in [0.15, 0.2) is 5.78 Å². The predicted molar refractivity (Wildman–Crippen MR) is 323 cm³/mol. The van der Waals surface area contributed by atoms with Crippen molar-refractivity contribution in [3.05, 3.63) is 186 Å². The molecule has 0 radical (unpaired) electrons. The summed E-state index contributed by atoms with van der Waals surface area (Å²) in [4.78, 5) is 55.3. The number of esters is 3. The maximum atomic E-state index is 15.2. The largest absolute Gasteiger partial charge is 0.487 e. The van der Waals surface area contributed by atoms with Gasteiger partial charge >= 0.3 is 17.9 Å². The van der Waals surface area contributed by atoms with E-state index in [1.807, 2.05) is 67.5 Å². The third-order valence-electron chi connectivity index (χ3n) is 16.8. The Kier molecular flexibility index (Phi) is 19.9. The van der Waals surface area contributed by atoms with Crippen LogP contribution < -0.4 is 18.9 Å². The highest BCUT2D eigenvalue weighted by molar-refractivity contribution is 6.03. The van der Waals surface area contributed by atoms with Gasteiger partial charge in [0, 0.05) is 5.56 Å². The summed E-state index contributed by atoms with van der Waals surface area (Å²) < 4.78 is 31.6. The Morgan fingerprint density at radius 3 is 1.14 bits per heavy atom. The smallest absolute Gasteiger partial charge is 0.343 e. The maximum absolute atomic E-state index is 15.2. The van der Waals surface area contributed by atoms with Crippen molar-refractivity contribution in [1.82, 2.24) is 0 Å². The van der Waals surface area contributed by atoms with E-state index in [1.54, 1.807) is 48.5 Å². The number of ketones is 1. The normalized spacial score (nSPS) is 12.6. The van der Waals surface area contributed by atoms with Crippen LogP contribution in [0.5, 0.6) is 23.0 Å². The molecule has 1 unspecified atom stereocenters. The zero-order chi connectivity index (χ0) is 59.1. The van der Waals surface area contributed by atoms with Crippen molar-refractivity contribution in [2.45, 2.75) is 199 Å². The molecule has 1 atom stereocenters. The van der Waals surface area contributed by atoms with Crippen LogP contribution >= 0.6 is 0 Å². The fourth-order valence-corrected chi connectivity index (χ4v) is 11.4. The van der Waals surface area contributed by atoms with E-state index in [1.165, 1.54) is 5.56 Å². The monoisotopic (exact) mass is 1080 g/mol. The molecule has 0 amide bonds. The van der Waals surface area contributed by atoms with Crippen LogP contribution in [0.4, 0.5) is 0 Å². The minimum Gasteiger partial charge on any atom is -0.487 e. The standard InChI is InChI=1S/C71H88O9/c1-19-32-70(18,64(72)58-26-25-27-59(43-58)66(74)77-61-46(9)35-53(36-47(61)10)41-54-37-48(11)62(49(12)38-54)78-69(17,21-3)22-4)71(23-5,24-6)79-63-50(13)39-55(40-51(63)14)42-52-33-44(7)60(45(8)34-52)76-65(73)56-28-30-57(31-29-56)67(75)80-68(15,16)20-2/h25-31,33-40,43H,19-24,32,41-42H2,1-18H3. The van der Waals surface area contributed by atoms with Crippen LogP contribution in [0.2, 0.25) is 0 Å². The highest BCUT2D eigenvalue weighted by atomic mass is 16.6. The number of hydrogen-bond donors (Lipinski definition) is 0. The quantitative estimate of drug-likeness (QED) is 0.0332. The molecule has 426 valence electrons. The minimum absolute atomic E-state index is 0.0810. The lowest BCUT2D eigenvalue weighted by atomic mass is 9.63. The number of carbonyl (C=O) groups is 4. The van der Waals surface area contributed by atoms with Crippen molar-refractivity contribution in [3.8, 4) is 23.0 Å². The molecule has 0 aliphatic heterocycles. The Hall–Kier alpha value is -7.00. The number of carbonyl (C=O) groups excluding carboxylic acids is 4. The molecule has 0 saturated carbocycles. The average Bonchev–Trinajstić information content (AvgIpc) is 3.46. The number of hydrogen-bond acceptors (Lipinski definition) is 9. The Morgan fingerprint density at radius 2 is 0.762 bits per heavy atom. The number of aryl methyl sites for hydroxylation is 8. The zero-order valence-electron chi connectivity index (χ0n) is 51.3. The molecule has 0 aromatic heterocycles. The summed E-state index contributed by atoms with van der Waals surface area (Å²) >= 11 is 0. The summed E-state index contributed by atoms with van der Waals surface area (Å²) in [5.41, 5.74) is 10.8. The van der Waals surface area contributed by atoms with E-state index in [-0.39, 0.29) is 11.4 Å². The molecule has 6 aromatic carbocycles. The highest BCUT2D eigenvalue weighted by Crippen LogP contribution is 2.48. The first-order chi connectivity index (χ1) is 37.7. The summed E-state index contributed by atoms with van der Waals surface area (Å²) in [5, 5.41) is 0.